The van der Waals surface area contributed by atoms with Crippen LogP contribution in [0.1, 0.15) is 42.4 Å². The van der Waals surface area contributed by atoms with Crippen molar-refractivity contribution in [2.24, 2.45) is 0 Å². The Kier molecular flexibility index (Phi) is 3.92. The molecule has 0 spiro atoms. The Balaban J connectivity index is 1.60. The van der Waals surface area contributed by atoms with Crippen LogP contribution in [0.5, 0.6) is 0 Å². The van der Waals surface area contributed by atoms with Gasteiger partial charge in [0.15, 0.2) is 0 Å². The molecule has 4 rings (SSSR count). The minimum absolute atomic E-state index is 0.0385. The zero-order chi connectivity index (χ0) is 17.6. The summed E-state index contributed by atoms with van der Waals surface area (Å²) < 4.78 is 13.5. The van der Waals surface area contributed by atoms with E-state index in [4.69, 9.17) is 0 Å². The number of benzene rings is 1. The third-order valence-corrected chi connectivity index (χ3v) is 4.84. The third-order valence-electron chi connectivity index (χ3n) is 4.84. The quantitative estimate of drug-likeness (QED) is 0.770. The zero-order valence-electron chi connectivity index (χ0n) is 14.4. The van der Waals surface area contributed by atoms with E-state index < -0.39 is 0 Å². The number of hydrogen-bond acceptors (Lipinski definition) is 3. The molecule has 0 saturated carbocycles. The second-order valence-electron chi connectivity index (χ2n) is 7.00. The first-order valence-electron chi connectivity index (χ1n) is 8.61. The van der Waals surface area contributed by atoms with Crippen molar-refractivity contribution < 1.29 is 4.39 Å². The highest BCUT2D eigenvalue weighted by Gasteiger charge is 2.22. The Morgan fingerprint density at radius 3 is 3.00 bits per heavy atom. The topological polar surface area (TPSA) is 64.8 Å². The number of aromatic nitrogens is 3. The largest absolute Gasteiger partial charge is 0.361 e. The molecule has 2 aromatic heterocycles. The van der Waals surface area contributed by atoms with Crippen molar-refractivity contribution in [3.8, 4) is 0 Å². The average Bonchev–Trinajstić information content (AvgIpc) is 2.97. The van der Waals surface area contributed by atoms with E-state index in [9.17, 15) is 9.18 Å². The molecule has 0 fully saturated rings. The minimum atomic E-state index is -0.237. The lowest BCUT2D eigenvalue weighted by Gasteiger charge is -2.27. The molecule has 25 heavy (non-hydrogen) atoms. The number of nitrogens with zero attached hydrogens (tertiary/aromatic N) is 2. The maximum Gasteiger partial charge on any atom is 0.255 e. The van der Waals surface area contributed by atoms with Gasteiger partial charge in [-0.2, -0.15) is 0 Å². The average molecular weight is 340 g/mol. The van der Waals surface area contributed by atoms with Crippen LogP contribution in [0.3, 0.4) is 0 Å². The Bertz CT molecular complexity index is 989. The van der Waals surface area contributed by atoms with Gasteiger partial charge in [-0.1, -0.05) is 13.8 Å². The summed E-state index contributed by atoms with van der Waals surface area (Å²) in [6, 6.07) is 4.77. The molecule has 0 aliphatic carbocycles. The molecular formula is C19H21FN4O. The maximum atomic E-state index is 13.5. The first kappa shape index (κ1) is 16.0. The molecule has 1 aromatic carbocycles. The van der Waals surface area contributed by atoms with Crippen molar-refractivity contribution in [3.05, 3.63) is 63.2 Å². The van der Waals surface area contributed by atoms with Crippen molar-refractivity contribution in [1.82, 2.24) is 19.9 Å². The van der Waals surface area contributed by atoms with Crippen LogP contribution in [0.4, 0.5) is 4.39 Å². The van der Waals surface area contributed by atoms with Crippen LogP contribution in [-0.2, 0) is 19.5 Å². The molecule has 5 nitrogen and oxygen atoms in total. The summed E-state index contributed by atoms with van der Waals surface area (Å²) in [6.07, 6.45) is 2.68. The molecule has 0 unspecified atom stereocenters. The summed E-state index contributed by atoms with van der Waals surface area (Å²) in [4.78, 5) is 25.3. The van der Waals surface area contributed by atoms with Gasteiger partial charge in [-0.15, -0.1) is 0 Å². The smallest absolute Gasteiger partial charge is 0.255 e. The number of H-pyrrole nitrogens is 2. The van der Waals surface area contributed by atoms with Crippen molar-refractivity contribution in [2.75, 3.05) is 6.54 Å². The van der Waals surface area contributed by atoms with Gasteiger partial charge in [-0.05, 0) is 23.8 Å². The van der Waals surface area contributed by atoms with Gasteiger partial charge in [-0.25, -0.2) is 9.37 Å². The predicted molar refractivity (Wildman–Crippen MR) is 95.0 cm³/mol. The molecular weight excluding hydrogens is 319 g/mol. The lowest BCUT2D eigenvalue weighted by Crippen LogP contribution is -2.35. The highest BCUT2D eigenvalue weighted by molar-refractivity contribution is 5.83. The van der Waals surface area contributed by atoms with E-state index >= 15 is 0 Å². The summed E-state index contributed by atoms with van der Waals surface area (Å²) in [5.41, 5.74) is 3.59. The molecule has 0 bridgehead atoms. The van der Waals surface area contributed by atoms with E-state index in [-0.39, 0.29) is 17.3 Å². The van der Waals surface area contributed by atoms with Crippen LogP contribution >= 0.6 is 0 Å². The van der Waals surface area contributed by atoms with Crippen molar-refractivity contribution >= 4 is 10.9 Å². The second-order valence-corrected chi connectivity index (χ2v) is 7.00. The monoisotopic (exact) mass is 340 g/mol. The van der Waals surface area contributed by atoms with Gasteiger partial charge in [0.2, 0.25) is 0 Å². The van der Waals surface area contributed by atoms with Gasteiger partial charge < -0.3 is 9.97 Å². The lowest BCUT2D eigenvalue weighted by molar-refractivity contribution is 0.242. The first-order valence-corrected chi connectivity index (χ1v) is 8.61. The molecule has 0 atom stereocenters. The van der Waals surface area contributed by atoms with Gasteiger partial charge in [0.05, 0.1) is 11.3 Å². The number of nitrogens with one attached hydrogen (secondary N) is 2. The van der Waals surface area contributed by atoms with E-state index in [1.165, 1.54) is 6.07 Å². The highest BCUT2D eigenvalue weighted by Crippen LogP contribution is 2.23. The summed E-state index contributed by atoms with van der Waals surface area (Å²) in [5.74, 6) is 0.723. The van der Waals surface area contributed by atoms with Gasteiger partial charge >= 0.3 is 0 Å². The van der Waals surface area contributed by atoms with Crippen LogP contribution < -0.4 is 5.56 Å². The van der Waals surface area contributed by atoms with Crippen molar-refractivity contribution in [1.29, 1.82) is 0 Å². The third kappa shape index (κ3) is 2.98. The summed E-state index contributed by atoms with van der Waals surface area (Å²) >= 11 is 0. The fraction of sp³-hybridized carbons (Fsp3) is 0.368. The fourth-order valence-corrected chi connectivity index (χ4v) is 3.43. The van der Waals surface area contributed by atoms with E-state index in [0.717, 1.165) is 46.5 Å². The molecule has 130 valence electrons. The normalized spacial score (nSPS) is 15.0. The molecule has 1 aliphatic heterocycles. The van der Waals surface area contributed by atoms with Crippen LogP contribution in [-0.4, -0.2) is 26.4 Å². The number of hydrogen-bond donors (Lipinski definition) is 2. The molecule has 2 N–H and O–H groups in total. The van der Waals surface area contributed by atoms with Crippen molar-refractivity contribution in [2.45, 2.75) is 39.3 Å². The summed E-state index contributed by atoms with van der Waals surface area (Å²) in [6.45, 7) is 6.13. The molecule has 0 saturated heterocycles. The van der Waals surface area contributed by atoms with Crippen LogP contribution in [0.25, 0.3) is 10.9 Å². The SMILES string of the molecule is CC(C)c1nc2c(c(=O)[nH]1)CN(Cc1c[nH]c3ccc(F)cc13)CC2. The van der Waals surface area contributed by atoms with E-state index in [1.54, 1.807) is 12.1 Å². The van der Waals surface area contributed by atoms with Gasteiger partial charge in [0.25, 0.3) is 5.56 Å². The molecule has 1 aliphatic rings. The number of fused-ring (bicyclic) bond motifs is 2. The van der Waals surface area contributed by atoms with Gasteiger partial charge in [0.1, 0.15) is 11.6 Å². The van der Waals surface area contributed by atoms with Crippen LogP contribution in [0.2, 0.25) is 0 Å². The molecule has 3 heterocycles. The van der Waals surface area contributed by atoms with Crippen LogP contribution in [0.15, 0.2) is 29.2 Å². The Hall–Kier alpha value is -2.47. The van der Waals surface area contributed by atoms with E-state index in [0.29, 0.717) is 13.1 Å². The number of rotatable bonds is 3. The standard InChI is InChI=1S/C19H21FN4O/c1-11(2)18-22-17-5-6-24(10-15(17)19(25)23-18)9-12-8-21-16-4-3-13(20)7-14(12)16/h3-4,7-8,11,21H,5-6,9-10H2,1-2H3,(H,22,23,25). The fourth-order valence-electron chi connectivity index (χ4n) is 3.43. The number of aromatic amines is 2. The Morgan fingerprint density at radius 2 is 2.20 bits per heavy atom. The second kappa shape index (κ2) is 6.11. The first-order chi connectivity index (χ1) is 12.0. The summed E-state index contributed by atoms with van der Waals surface area (Å²) in [7, 11) is 0. The number of halogens is 1. The summed E-state index contributed by atoms with van der Waals surface area (Å²) in [5, 5.41) is 0.896. The van der Waals surface area contributed by atoms with E-state index in [1.807, 2.05) is 20.0 Å². The zero-order valence-corrected chi connectivity index (χ0v) is 14.4. The van der Waals surface area contributed by atoms with Gasteiger partial charge in [0, 0.05) is 49.1 Å². The molecule has 6 heteroatoms. The highest BCUT2D eigenvalue weighted by atomic mass is 19.1. The van der Waals surface area contributed by atoms with Crippen molar-refractivity contribution in [3.63, 3.8) is 0 Å². The van der Waals surface area contributed by atoms with Gasteiger partial charge in [-0.3, -0.25) is 9.69 Å². The maximum absolute atomic E-state index is 13.5. The van der Waals surface area contributed by atoms with Crippen LogP contribution in [0, 0.1) is 5.82 Å². The molecule has 3 aromatic rings. The Labute approximate surface area is 144 Å². The lowest BCUT2D eigenvalue weighted by atomic mass is 10.0. The predicted octanol–water partition coefficient (Wildman–Crippen LogP) is 3.07. The molecule has 0 radical (unpaired) electrons. The molecule has 0 amide bonds. The minimum Gasteiger partial charge on any atom is -0.361 e. The van der Waals surface area contributed by atoms with E-state index in [2.05, 4.69) is 19.9 Å². The Morgan fingerprint density at radius 1 is 1.36 bits per heavy atom.